The molecule has 3 saturated carbocycles. The first-order chi connectivity index (χ1) is 11.1. The van der Waals surface area contributed by atoms with Crippen LogP contribution in [0.2, 0.25) is 0 Å². The Morgan fingerprint density at radius 2 is 2.04 bits per heavy atom. The average molecular weight is 313 g/mol. The van der Waals surface area contributed by atoms with Gasteiger partial charge in [0, 0.05) is 19.2 Å². The second-order valence-corrected chi connectivity index (χ2v) is 7.74. The quantitative estimate of drug-likeness (QED) is 0.800. The van der Waals surface area contributed by atoms with Crippen molar-refractivity contribution in [1.82, 2.24) is 4.90 Å². The van der Waals surface area contributed by atoms with Crippen molar-refractivity contribution in [2.75, 3.05) is 20.7 Å². The van der Waals surface area contributed by atoms with Gasteiger partial charge < -0.3 is 14.4 Å². The fraction of sp³-hybridized carbons (Fsp3) is 0.632. The number of methoxy groups -OCH3 is 1. The number of nitrogens with zero attached hydrogens (tertiary/aromatic N) is 1. The van der Waals surface area contributed by atoms with E-state index in [0.29, 0.717) is 11.8 Å². The summed E-state index contributed by atoms with van der Waals surface area (Å²) in [6.07, 6.45) is 5.41. The van der Waals surface area contributed by atoms with E-state index in [9.17, 15) is 4.79 Å². The van der Waals surface area contributed by atoms with E-state index < -0.39 is 0 Å². The van der Waals surface area contributed by atoms with Crippen LogP contribution in [0.4, 0.5) is 0 Å². The van der Waals surface area contributed by atoms with Crippen LogP contribution in [0, 0.1) is 11.3 Å². The normalized spacial score (nSPS) is 40.3. The Morgan fingerprint density at radius 3 is 2.78 bits per heavy atom. The Morgan fingerprint density at radius 1 is 1.26 bits per heavy atom. The number of benzene rings is 1. The highest BCUT2D eigenvalue weighted by molar-refractivity contribution is 5.87. The second kappa shape index (κ2) is 4.22. The molecule has 0 N–H and O–H groups in total. The van der Waals surface area contributed by atoms with Gasteiger partial charge in [0.15, 0.2) is 11.5 Å². The van der Waals surface area contributed by atoms with Crippen molar-refractivity contribution >= 4 is 5.91 Å². The summed E-state index contributed by atoms with van der Waals surface area (Å²) >= 11 is 0. The van der Waals surface area contributed by atoms with Gasteiger partial charge in [-0.05, 0) is 44.1 Å². The molecule has 0 radical (unpaired) electrons. The summed E-state index contributed by atoms with van der Waals surface area (Å²) < 4.78 is 12.1. The minimum absolute atomic E-state index is 0.137. The zero-order valence-electron chi connectivity index (χ0n) is 13.8. The molecule has 0 aromatic heterocycles. The minimum atomic E-state index is -0.267. The minimum Gasteiger partial charge on any atom is -0.493 e. The molecule has 4 fully saturated rings. The number of amides is 1. The summed E-state index contributed by atoms with van der Waals surface area (Å²) in [5.41, 5.74) is 0.825. The van der Waals surface area contributed by atoms with Gasteiger partial charge in [0.2, 0.25) is 5.91 Å². The van der Waals surface area contributed by atoms with Crippen LogP contribution in [-0.4, -0.2) is 37.6 Å². The molecule has 2 spiro atoms. The number of carbonyl (C=O) groups excluding carboxylic acids is 1. The summed E-state index contributed by atoms with van der Waals surface area (Å²) in [7, 11) is 3.66. The topological polar surface area (TPSA) is 38.8 Å². The molecule has 4 heteroatoms. The molecule has 1 aromatic rings. The maximum atomic E-state index is 13.3. The van der Waals surface area contributed by atoms with Crippen molar-refractivity contribution < 1.29 is 14.3 Å². The van der Waals surface area contributed by atoms with Gasteiger partial charge in [-0.3, -0.25) is 4.79 Å². The fourth-order valence-electron chi connectivity index (χ4n) is 6.17. The zero-order valence-corrected chi connectivity index (χ0v) is 13.8. The number of hydrogen-bond donors (Lipinski definition) is 0. The molecule has 5 aliphatic rings. The molecule has 1 saturated heterocycles. The van der Waals surface area contributed by atoms with Gasteiger partial charge in [0.1, 0.15) is 6.10 Å². The average Bonchev–Trinajstić information content (AvgIpc) is 2.96. The van der Waals surface area contributed by atoms with Gasteiger partial charge in [0.25, 0.3) is 0 Å². The third kappa shape index (κ3) is 1.34. The van der Waals surface area contributed by atoms with Crippen LogP contribution in [0.5, 0.6) is 11.5 Å². The van der Waals surface area contributed by atoms with E-state index >= 15 is 0 Å². The molecule has 2 unspecified atom stereocenters. The first-order valence-electron chi connectivity index (χ1n) is 8.74. The molecule has 2 heterocycles. The molecule has 1 aromatic carbocycles. The zero-order chi connectivity index (χ0) is 15.8. The smallest absolute Gasteiger partial charge is 0.229 e. The standard InChI is InChI=1S/C19H23NO3/c1-20-11-10-19-13-4-3-5-14(22-2)15(13)23-16(19)12-6-8-18(19,9-7-12)17(20)21/h3-5,12,16H,6-11H2,1-2H3. The summed E-state index contributed by atoms with van der Waals surface area (Å²) in [6.45, 7) is 0.823. The van der Waals surface area contributed by atoms with Gasteiger partial charge in [-0.25, -0.2) is 0 Å². The van der Waals surface area contributed by atoms with Crippen LogP contribution in [0.1, 0.15) is 37.7 Å². The Labute approximate surface area is 136 Å². The Balaban J connectivity index is 1.78. The summed E-state index contributed by atoms with van der Waals surface area (Å²) in [5, 5.41) is 0. The predicted octanol–water partition coefficient (Wildman–Crippen LogP) is 2.75. The molecule has 23 heavy (non-hydrogen) atoms. The van der Waals surface area contributed by atoms with Crippen LogP contribution in [-0.2, 0) is 10.2 Å². The highest BCUT2D eigenvalue weighted by atomic mass is 16.5. The molecule has 3 aliphatic carbocycles. The lowest BCUT2D eigenvalue weighted by atomic mass is 9.42. The van der Waals surface area contributed by atoms with Gasteiger partial charge in [-0.2, -0.15) is 0 Å². The van der Waals surface area contributed by atoms with Crippen LogP contribution >= 0.6 is 0 Å². The van der Waals surface area contributed by atoms with Gasteiger partial charge in [0.05, 0.1) is 17.9 Å². The summed E-state index contributed by atoms with van der Waals surface area (Å²) in [4.78, 5) is 15.2. The van der Waals surface area contributed by atoms with Crippen molar-refractivity contribution in [2.45, 2.75) is 43.6 Å². The number of fused-ring (bicyclic) bond motifs is 3. The number of ether oxygens (including phenoxy) is 2. The number of hydrogen-bond acceptors (Lipinski definition) is 3. The number of piperidine rings is 1. The molecule has 122 valence electrons. The van der Waals surface area contributed by atoms with Crippen LogP contribution in [0.3, 0.4) is 0 Å². The lowest BCUT2D eigenvalue weighted by Gasteiger charge is -2.63. The van der Waals surface area contributed by atoms with Crippen LogP contribution < -0.4 is 9.47 Å². The Bertz CT molecular complexity index is 692. The Kier molecular flexibility index (Phi) is 2.52. The molecule has 4 nitrogen and oxygen atoms in total. The highest BCUT2D eigenvalue weighted by Crippen LogP contribution is 2.70. The molecule has 2 bridgehead atoms. The first-order valence-corrected chi connectivity index (χ1v) is 8.74. The molecule has 6 rings (SSSR count). The van der Waals surface area contributed by atoms with Crippen molar-refractivity contribution in [2.24, 2.45) is 11.3 Å². The van der Waals surface area contributed by atoms with Gasteiger partial charge in [-0.1, -0.05) is 12.1 Å². The maximum Gasteiger partial charge on any atom is 0.229 e. The first kappa shape index (κ1) is 13.7. The van der Waals surface area contributed by atoms with E-state index in [2.05, 4.69) is 12.1 Å². The lowest BCUT2D eigenvalue weighted by molar-refractivity contribution is -0.178. The number of para-hydroxylation sites is 1. The molecule has 2 aliphatic heterocycles. The third-order valence-electron chi connectivity index (χ3n) is 7.17. The Hall–Kier alpha value is -1.71. The number of carbonyl (C=O) groups is 1. The molecular formula is C19H23NO3. The monoisotopic (exact) mass is 313 g/mol. The van der Waals surface area contributed by atoms with Crippen molar-refractivity contribution in [3.8, 4) is 11.5 Å². The van der Waals surface area contributed by atoms with E-state index in [4.69, 9.17) is 9.47 Å². The largest absolute Gasteiger partial charge is 0.493 e. The van der Waals surface area contributed by atoms with Crippen molar-refractivity contribution in [1.29, 1.82) is 0 Å². The van der Waals surface area contributed by atoms with E-state index in [1.165, 1.54) is 5.56 Å². The van der Waals surface area contributed by atoms with Crippen LogP contribution in [0.25, 0.3) is 0 Å². The summed E-state index contributed by atoms with van der Waals surface area (Å²) in [5.74, 6) is 2.62. The molecule has 2 atom stereocenters. The fourth-order valence-corrected chi connectivity index (χ4v) is 6.17. The highest BCUT2D eigenvalue weighted by Gasteiger charge is 2.72. The van der Waals surface area contributed by atoms with E-state index in [1.807, 2.05) is 18.0 Å². The second-order valence-electron chi connectivity index (χ2n) is 7.74. The molecule has 1 amide bonds. The van der Waals surface area contributed by atoms with Gasteiger partial charge >= 0.3 is 0 Å². The van der Waals surface area contributed by atoms with Crippen molar-refractivity contribution in [3.63, 3.8) is 0 Å². The summed E-state index contributed by atoms with van der Waals surface area (Å²) in [6, 6.07) is 6.20. The molecular weight excluding hydrogens is 290 g/mol. The van der Waals surface area contributed by atoms with E-state index in [0.717, 1.165) is 50.1 Å². The van der Waals surface area contributed by atoms with Gasteiger partial charge in [-0.15, -0.1) is 0 Å². The van der Waals surface area contributed by atoms with E-state index in [-0.39, 0.29) is 16.9 Å². The van der Waals surface area contributed by atoms with Crippen molar-refractivity contribution in [3.05, 3.63) is 23.8 Å². The number of rotatable bonds is 1. The SMILES string of the molecule is COc1cccc2c1OC1C3CCC4(CC3)C(=O)N(C)CCC214. The maximum absolute atomic E-state index is 13.3. The number of likely N-dealkylation sites (tertiary alicyclic amines) is 1. The predicted molar refractivity (Wildman–Crippen MR) is 85.7 cm³/mol. The third-order valence-corrected chi connectivity index (χ3v) is 7.17. The lowest BCUT2D eigenvalue weighted by Crippen LogP contribution is -2.70. The van der Waals surface area contributed by atoms with E-state index in [1.54, 1.807) is 7.11 Å². The van der Waals surface area contributed by atoms with Crippen LogP contribution in [0.15, 0.2) is 18.2 Å².